The Morgan fingerprint density at radius 3 is 2.54 bits per heavy atom. The number of amidine groups is 1. The molecule has 195 valence electrons. The van der Waals surface area contributed by atoms with Crippen LogP contribution in [0.25, 0.3) is 10.7 Å². The van der Waals surface area contributed by atoms with E-state index in [-0.39, 0.29) is 52.7 Å². The Hall–Kier alpha value is -2.58. The minimum absolute atomic E-state index is 0.0517. The molecule has 3 rings (SSSR count). The van der Waals surface area contributed by atoms with Crippen LogP contribution in [0.3, 0.4) is 0 Å². The molecular weight excluding hydrogens is 533 g/mol. The number of rotatable bonds is 6. The van der Waals surface area contributed by atoms with Gasteiger partial charge in [0.15, 0.2) is 0 Å². The van der Waals surface area contributed by atoms with Crippen molar-refractivity contribution in [3.63, 3.8) is 0 Å². The van der Waals surface area contributed by atoms with Crippen LogP contribution < -0.4 is 16.6 Å². The van der Waals surface area contributed by atoms with E-state index in [1.54, 1.807) is 7.05 Å². The van der Waals surface area contributed by atoms with Gasteiger partial charge >= 0.3 is 209 Å². The van der Waals surface area contributed by atoms with E-state index in [2.05, 4.69) is 31.5 Å². The quantitative estimate of drug-likeness (QED) is 0.183. The zero-order valence-corrected chi connectivity index (χ0v) is 20.7. The van der Waals surface area contributed by atoms with Crippen LogP contribution in [0.15, 0.2) is 41.4 Å². The Balaban J connectivity index is 1.92. The number of hydrazine groups is 1. The number of anilines is 1. The maximum atomic E-state index is 15.7. The van der Waals surface area contributed by atoms with Crippen LogP contribution in [0.4, 0.5) is 23.2 Å². The summed E-state index contributed by atoms with van der Waals surface area (Å²) in [5, 5.41) is 16.4. The van der Waals surface area contributed by atoms with Gasteiger partial charge in [0.2, 0.25) is 0 Å². The molecule has 35 heavy (non-hydrogen) atoms. The first-order chi connectivity index (χ1) is 16.1. The van der Waals surface area contributed by atoms with Crippen molar-refractivity contribution in [2.45, 2.75) is 37.7 Å². The SMILES string of the molecule is C[C@@H]([N-]C(=[N-])C1=C(N(C)[CH]=[Co])NNC(C2(F)CCS(=N)(=O)CC2)=C1)c1cc(N)cc(C(F)(F)F)c1. The first-order valence-corrected chi connectivity index (χ1v) is 12.9. The van der Waals surface area contributed by atoms with E-state index in [4.69, 9.17) is 10.5 Å². The van der Waals surface area contributed by atoms with E-state index in [0.717, 1.165) is 12.1 Å². The summed E-state index contributed by atoms with van der Waals surface area (Å²) in [7, 11) is -1.23. The van der Waals surface area contributed by atoms with Gasteiger partial charge in [0, 0.05) is 0 Å². The minimum atomic E-state index is -4.61. The van der Waals surface area contributed by atoms with E-state index >= 15 is 4.39 Å². The second-order valence-corrected chi connectivity index (χ2v) is 11.2. The monoisotopic (exact) mass is 558 g/mol. The summed E-state index contributed by atoms with van der Waals surface area (Å²) in [5.74, 6) is -0.513. The molecule has 0 unspecified atom stereocenters. The molecule has 2 aliphatic rings. The number of nitrogen functional groups attached to an aromatic ring is 1. The van der Waals surface area contributed by atoms with Gasteiger partial charge < -0.3 is 0 Å². The molecule has 0 spiro atoms. The van der Waals surface area contributed by atoms with Crippen LogP contribution in [-0.2, 0) is 31.2 Å². The van der Waals surface area contributed by atoms with Crippen LogP contribution in [0.5, 0.6) is 0 Å². The normalized spacial score (nSPS) is 25.6. The van der Waals surface area contributed by atoms with Crippen molar-refractivity contribution in [3.05, 3.63) is 63.2 Å². The molecule has 14 heteroatoms. The summed E-state index contributed by atoms with van der Waals surface area (Å²) in [6, 6.07) is 2.12. The van der Waals surface area contributed by atoms with Gasteiger partial charge in [-0.05, 0) is 0 Å². The van der Waals surface area contributed by atoms with Crippen LogP contribution >= 0.6 is 0 Å². The summed E-state index contributed by atoms with van der Waals surface area (Å²) in [6.45, 7) is 1.49. The van der Waals surface area contributed by atoms with Gasteiger partial charge in [-0.15, -0.1) is 0 Å². The van der Waals surface area contributed by atoms with E-state index < -0.39 is 39.0 Å². The number of hydrogen-bond acceptors (Lipinski definition) is 6. The summed E-state index contributed by atoms with van der Waals surface area (Å²) < 4.78 is 75.0. The van der Waals surface area contributed by atoms with Gasteiger partial charge in [0.1, 0.15) is 0 Å². The van der Waals surface area contributed by atoms with Crippen molar-refractivity contribution in [1.82, 2.24) is 15.8 Å². The number of nitrogens with zero attached hydrogens (tertiary/aromatic N) is 3. The fourth-order valence-electron chi connectivity index (χ4n) is 3.73. The van der Waals surface area contributed by atoms with Crippen molar-refractivity contribution in [3.8, 4) is 0 Å². The summed E-state index contributed by atoms with van der Waals surface area (Å²) in [4.78, 5) is 1.47. The first-order valence-electron chi connectivity index (χ1n) is 10.5. The summed E-state index contributed by atoms with van der Waals surface area (Å²) in [6.07, 6.45) is -3.57. The molecule has 2 aliphatic heterocycles. The second-order valence-electron chi connectivity index (χ2n) is 8.47. The molecule has 2 heterocycles. The fourth-order valence-corrected chi connectivity index (χ4v) is 5.38. The molecule has 1 fully saturated rings. The molecule has 0 bridgehead atoms. The molecule has 1 aromatic carbocycles. The topological polar surface area (TPSA) is 131 Å². The number of hydrogen-bond donors (Lipinski definition) is 4. The molecule has 5 N–H and O–H groups in total. The molecule has 0 amide bonds. The van der Waals surface area contributed by atoms with Gasteiger partial charge in [-0.25, -0.2) is 0 Å². The number of allylic oxidation sites excluding steroid dienone is 1. The zero-order chi connectivity index (χ0) is 26.2. The molecule has 8 nitrogen and oxygen atoms in total. The van der Waals surface area contributed by atoms with E-state index in [9.17, 15) is 22.8 Å². The summed E-state index contributed by atoms with van der Waals surface area (Å²) in [5.41, 5.74) is 8.45. The molecule has 1 saturated heterocycles. The molecule has 0 aromatic heterocycles. The molecule has 1 aromatic rings. The Bertz CT molecular complexity index is 1180. The fraction of sp³-hybridized carbons (Fsp3) is 0.429. The average molecular weight is 558 g/mol. The van der Waals surface area contributed by atoms with Crippen molar-refractivity contribution in [2.75, 3.05) is 24.3 Å². The number of nitrogens with two attached hydrogens (primary N) is 1. The van der Waals surface area contributed by atoms with Crippen LogP contribution in [0, 0.1) is 4.78 Å². The predicted octanol–water partition coefficient (Wildman–Crippen LogP) is 3.68. The Morgan fingerprint density at radius 1 is 1.34 bits per heavy atom. The number of benzene rings is 1. The van der Waals surface area contributed by atoms with Gasteiger partial charge in [0.25, 0.3) is 0 Å². The predicted molar refractivity (Wildman–Crippen MR) is 125 cm³/mol. The number of nitrogens with one attached hydrogen (secondary N) is 3. The summed E-state index contributed by atoms with van der Waals surface area (Å²) >= 11 is 4.13. The Labute approximate surface area is 209 Å². The zero-order valence-electron chi connectivity index (χ0n) is 18.9. The number of halogens is 4. The van der Waals surface area contributed by atoms with Crippen LogP contribution in [0.2, 0.25) is 0 Å². The van der Waals surface area contributed by atoms with E-state index in [1.165, 1.54) is 29.0 Å². The molecular formula is C21H25CoF4N7OS-2. The average Bonchev–Trinajstić information content (AvgIpc) is 2.79. The number of alkyl halides is 4. The third-order valence-electron chi connectivity index (χ3n) is 5.82. The van der Waals surface area contributed by atoms with Crippen LogP contribution in [-0.4, -0.2) is 44.2 Å². The Kier molecular flexibility index (Phi) is 7.58. The maximum absolute atomic E-state index is 15.7. The van der Waals surface area contributed by atoms with E-state index in [1.807, 2.05) is 0 Å². The van der Waals surface area contributed by atoms with Gasteiger partial charge in [-0.1, -0.05) is 0 Å². The van der Waals surface area contributed by atoms with E-state index in [0.29, 0.717) is 0 Å². The molecule has 1 atom stereocenters. The Morgan fingerprint density at radius 2 is 1.97 bits per heavy atom. The molecule has 0 aliphatic carbocycles. The third-order valence-corrected chi connectivity index (χ3v) is 7.95. The van der Waals surface area contributed by atoms with Gasteiger partial charge in [-0.3, -0.25) is 0 Å². The van der Waals surface area contributed by atoms with Crippen molar-refractivity contribution in [2.24, 2.45) is 0 Å². The van der Waals surface area contributed by atoms with Crippen molar-refractivity contribution in [1.29, 1.82) is 4.78 Å². The third kappa shape index (κ3) is 6.16. The molecule has 0 saturated carbocycles. The molecule has 0 radical (unpaired) electrons. The second kappa shape index (κ2) is 9.82. The van der Waals surface area contributed by atoms with Crippen LogP contribution in [0.1, 0.15) is 36.9 Å². The van der Waals surface area contributed by atoms with Crippen molar-refractivity contribution >= 4 is 26.3 Å². The standard InChI is InChI=1S/C21H25F4N7OS.Co/c1-12(13-8-14(21(23,24)25)10-15(26)9-13)29-18(27)16-11-17(30-31-19(16)32(2)3)20(22)4-6-34(28,33)7-5-20;/h2,8-12,28,30-31H,4-7,26H2,1,3H3;/q-2;/t12-,20?,34?;/m1./s1. The van der Waals surface area contributed by atoms with Crippen molar-refractivity contribution < 1.29 is 37.1 Å². The first kappa shape index (κ1) is 27.0. The van der Waals surface area contributed by atoms with Gasteiger partial charge in [0.05, 0.1) is 0 Å². The van der Waals surface area contributed by atoms with Gasteiger partial charge in [-0.2, -0.15) is 0 Å².